The van der Waals surface area contributed by atoms with Gasteiger partial charge in [0.2, 0.25) is 0 Å². The third kappa shape index (κ3) is 4.92. The number of aromatic nitrogens is 2. The largest absolute Gasteiger partial charge is 0.292 e. The molecule has 1 heterocycles. The van der Waals surface area contributed by atoms with Crippen LogP contribution < -0.4 is 0 Å². The summed E-state index contributed by atoms with van der Waals surface area (Å²) < 4.78 is 44.7. The standard InChI is InChI=1S/C49H32N2/c1-3-13-33(14-4-1)39-28-30-43-44(32-39)48(35-16-5-2-6-17-35)42-20-10-9-19-41(42)47(43)36-23-25-37(26-24-36)49-50-45-21-11-12-22-46(45)51(49)40-29-27-34-15-7-8-18-38(34)31-40/h1-32H/i1D,3D,4D,13D,14D. The summed E-state index contributed by atoms with van der Waals surface area (Å²) in [7, 11) is 0. The van der Waals surface area contributed by atoms with Gasteiger partial charge in [0.15, 0.2) is 0 Å². The van der Waals surface area contributed by atoms with Crippen LogP contribution in [0, 0.1) is 0 Å². The van der Waals surface area contributed by atoms with Crippen LogP contribution in [0.15, 0.2) is 194 Å². The van der Waals surface area contributed by atoms with E-state index in [2.05, 4.69) is 114 Å². The zero-order valence-corrected chi connectivity index (χ0v) is 27.5. The molecule has 9 aromatic carbocycles. The second kappa shape index (κ2) is 12.0. The number of hydrogen-bond acceptors (Lipinski definition) is 1. The first-order chi connectivity index (χ1) is 27.4. The van der Waals surface area contributed by atoms with Crippen molar-refractivity contribution in [3.8, 4) is 50.5 Å². The Balaban J connectivity index is 1.20. The lowest BCUT2D eigenvalue weighted by atomic mass is 9.84. The van der Waals surface area contributed by atoms with Crippen LogP contribution in [0.4, 0.5) is 0 Å². The summed E-state index contributed by atoms with van der Waals surface area (Å²) in [5, 5.41) is 6.42. The minimum Gasteiger partial charge on any atom is -0.292 e. The maximum absolute atomic E-state index is 8.76. The van der Waals surface area contributed by atoms with E-state index < -0.39 is 6.04 Å². The van der Waals surface area contributed by atoms with Gasteiger partial charge >= 0.3 is 0 Å². The van der Waals surface area contributed by atoms with Crippen LogP contribution >= 0.6 is 0 Å². The van der Waals surface area contributed by atoms with Crippen molar-refractivity contribution in [2.45, 2.75) is 0 Å². The van der Waals surface area contributed by atoms with Gasteiger partial charge in [0.05, 0.1) is 17.9 Å². The van der Waals surface area contributed by atoms with Crippen molar-refractivity contribution in [3.63, 3.8) is 0 Å². The highest BCUT2D eigenvalue weighted by Crippen LogP contribution is 2.45. The van der Waals surface area contributed by atoms with Gasteiger partial charge < -0.3 is 0 Å². The molecule has 0 aliphatic heterocycles. The van der Waals surface area contributed by atoms with Crippen LogP contribution in [0.5, 0.6) is 0 Å². The summed E-state index contributed by atoms with van der Waals surface area (Å²) in [4.78, 5) is 5.15. The molecule has 0 unspecified atom stereocenters. The topological polar surface area (TPSA) is 17.8 Å². The minimum absolute atomic E-state index is 0.185. The zero-order valence-electron chi connectivity index (χ0n) is 32.5. The molecule has 51 heavy (non-hydrogen) atoms. The quantitative estimate of drug-likeness (QED) is 0.169. The predicted molar refractivity (Wildman–Crippen MR) is 215 cm³/mol. The Hall–Kier alpha value is -6.77. The molecule has 0 bridgehead atoms. The molecule has 2 nitrogen and oxygen atoms in total. The maximum Gasteiger partial charge on any atom is 0.145 e. The van der Waals surface area contributed by atoms with Gasteiger partial charge in [0.25, 0.3) is 0 Å². The first-order valence-electron chi connectivity index (χ1n) is 19.6. The van der Waals surface area contributed by atoms with Gasteiger partial charge in [-0.1, -0.05) is 164 Å². The average Bonchev–Trinajstić information content (AvgIpc) is 3.64. The number of fused-ring (bicyclic) bond motifs is 4. The van der Waals surface area contributed by atoms with Crippen molar-refractivity contribution in [2.24, 2.45) is 0 Å². The monoisotopic (exact) mass is 653 g/mol. The molecule has 0 saturated carbocycles. The molecule has 0 atom stereocenters. The Morgan fingerprint density at radius 1 is 0.412 bits per heavy atom. The van der Waals surface area contributed by atoms with Crippen LogP contribution in [0.25, 0.3) is 93.8 Å². The van der Waals surface area contributed by atoms with E-state index in [1.54, 1.807) is 0 Å². The third-order valence-electron chi connectivity index (χ3n) is 9.86. The van der Waals surface area contributed by atoms with Gasteiger partial charge in [-0.2, -0.15) is 0 Å². The molecular weight excluding hydrogens is 617 g/mol. The number of rotatable bonds is 5. The van der Waals surface area contributed by atoms with Gasteiger partial charge in [0, 0.05) is 11.3 Å². The van der Waals surface area contributed by atoms with Crippen LogP contribution in [-0.4, -0.2) is 9.55 Å². The Morgan fingerprint density at radius 3 is 1.82 bits per heavy atom. The maximum atomic E-state index is 8.76. The van der Waals surface area contributed by atoms with E-state index in [1.165, 1.54) is 5.39 Å². The summed E-state index contributed by atoms with van der Waals surface area (Å²) in [6.07, 6.45) is 0. The molecule has 0 spiro atoms. The number of nitrogens with zero attached hydrogens (tertiary/aromatic N) is 2. The molecule has 238 valence electrons. The average molecular weight is 654 g/mol. The second-order valence-corrected chi connectivity index (χ2v) is 12.8. The van der Waals surface area contributed by atoms with Gasteiger partial charge in [0.1, 0.15) is 5.82 Å². The van der Waals surface area contributed by atoms with E-state index in [9.17, 15) is 0 Å². The van der Waals surface area contributed by atoms with Crippen LogP contribution in [0.2, 0.25) is 0 Å². The first kappa shape index (κ1) is 24.4. The lowest BCUT2D eigenvalue weighted by Crippen LogP contribution is -1.98. The lowest BCUT2D eigenvalue weighted by Gasteiger charge is -2.19. The Labute approximate surface area is 303 Å². The fourth-order valence-electron chi connectivity index (χ4n) is 7.54. The molecule has 10 rings (SSSR count). The van der Waals surface area contributed by atoms with E-state index in [0.717, 1.165) is 77.3 Å². The fourth-order valence-corrected chi connectivity index (χ4v) is 7.54. The predicted octanol–water partition coefficient (Wildman–Crippen LogP) is 13.2. The van der Waals surface area contributed by atoms with E-state index in [4.69, 9.17) is 11.8 Å². The number of hydrogen-bond donors (Lipinski definition) is 0. The van der Waals surface area contributed by atoms with Gasteiger partial charge in [-0.25, -0.2) is 4.98 Å². The highest BCUT2D eigenvalue weighted by Gasteiger charge is 2.19. The fraction of sp³-hybridized carbons (Fsp3) is 0. The Bertz CT molecular complexity index is 3160. The molecule has 0 saturated heterocycles. The van der Waals surface area contributed by atoms with Crippen LogP contribution in [0.3, 0.4) is 0 Å². The van der Waals surface area contributed by atoms with E-state index in [0.29, 0.717) is 5.56 Å². The van der Waals surface area contributed by atoms with Crippen LogP contribution in [0.1, 0.15) is 6.85 Å². The third-order valence-corrected chi connectivity index (χ3v) is 9.86. The molecule has 0 aliphatic rings. The smallest absolute Gasteiger partial charge is 0.145 e. The molecule has 0 N–H and O–H groups in total. The van der Waals surface area contributed by atoms with E-state index >= 15 is 0 Å². The zero-order chi connectivity index (χ0) is 38.1. The first-order valence-corrected chi connectivity index (χ1v) is 17.1. The lowest BCUT2D eigenvalue weighted by molar-refractivity contribution is 1.11. The number of benzene rings is 9. The summed E-state index contributed by atoms with van der Waals surface area (Å²) in [6, 6.07) is 54.7. The summed E-state index contributed by atoms with van der Waals surface area (Å²) >= 11 is 0. The van der Waals surface area contributed by atoms with E-state index in [-0.39, 0.29) is 29.7 Å². The number of imidazole rings is 1. The second-order valence-electron chi connectivity index (χ2n) is 12.8. The normalized spacial score (nSPS) is 12.9. The molecular formula is C49H32N2. The van der Waals surface area contributed by atoms with Crippen molar-refractivity contribution in [1.29, 1.82) is 0 Å². The van der Waals surface area contributed by atoms with Crippen molar-refractivity contribution in [1.82, 2.24) is 9.55 Å². The highest BCUT2D eigenvalue weighted by atomic mass is 15.1. The summed E-state index contributed by atoms with van der Waals surface area (Å²) in [5.41, 5.74) is 8.86. The van der Waals surface area contributed by atoms with Gasteiger partial charge in [-0.3, -0.25) is 4.57 Å². The minimum atomic E-state index is -0.404. The van der Waals surface area contributed by atoms with Crippen molar-refractivity contribution in [3.05, 3.63) is 194 Å². The molecule has 0 fully saturated rings. The van der Waals surface area contributed by atoms with Crippen molar-refractivity contribution < 1.29 is 6.85 Å². The molecule has 1 aromatic heterocycles. The van der Waals surface area contributed by atoms with E-state index in [1.807, 2.05) is 54.6 Å². The van der Waals surface area contributed by atoms with Gasteiger partial charge in [-0.05, 0) is 96.0 Å². The van der Waals surface area contributed by atoms with Crippen molar-refractivity contribution in [2.75, 3.05) is 0 Å². The molecule has 0 aliphatic carbocycles. The summed E-state index contributed by atoms with van der Waals surface area (Å²) in [5.74, 6) is 0.852. The highest BCUT2D eigenvalue weighted by molar-refractivity contribution is 6.22. The Kier molecular flexibility index (Phi) is 5.73. The van der Waals surface area contributed by atoms with Crippen molar-refractivity contribution >= 4 is 43.4 Å². The number of para-hydroxylation sites is 2. The molecule has 2 heteroatoms. The SMILES string of the molecule is [2H]c1c([2H])c([2H])c(-c2ccc3c(-c4ccc(-c5nc6ccccc6n5-c5ccc6ccccc6c5)cc4)c4ccccc4c(-c4ccccc4)c3c2)c([2H])c1[2H]. The molecule has 0 amide bonds. The van der Waals surface area contributed by atoms with Gasteiger partial charge in [-0.15, -0.1) is 0 Å². The molecule has 0 radical (unpaired) electrons. The summed E-state index contributed by atoms with van der Waals surface area (Å²) in [6.45, 7) is 0. The molecule has 10 aromatic rings. The van der Waals surface area contributed by atoms with Crippen LogP contribution in [-0.2, 0) is 0 Å². The Morgan fingerprint density at radius 2 is 1.02 bits per heavy atom.